The topological polar surface area (TPSA) is 19.9 Å². The van der Waals surface area contributed by atoms with Crippen LogP contribution >= 0.6 is 31.9 Å². The van der Waals surface area contributed by atoms with Gasteiger partial charge in [-0.3, -0.25) is 5.11 Å². The Hall–Kier alpha value is 0.500. The Labute approximate surface area is 46.9 Å². The minimum absolute atomic E-state index is 0.141. The van der Waals surface area contributed by atoms with Gasteiger partial charge in [0.15, 0.2) is 0 Å². The van der Waals surface area contributed by atoms with Crippen LogP contribution in [0.4, 0.5) is 0 Å². The molecule has 0 saturated heterocycles. The van der Waals surface area contributed by atoms with Crippen LogP contribution in [0, 0.1) is 0 Å². The van der Waals surface area contributed by atoms with E-state index in [1.54, 1.807) is 0 Å². The third-order valence-electron chi connectivity index (χ3n) is 0.0858. The average molecular weight is 201 g/mol. The van der Waals surface area contributed by atoms with Crippen molar-refractivity contribution in [1.29, 1.82) is 0 Å². The number of rotatable bonds is 0. The smallest absolute Gasteiger partial charge is 0.227 e. The first-order chi connectivity index (χ1) is 2.27. The van der Waals surface area contributed by atoms with Gasteiger partial charge in [-0.1, -0.05) is 15.9 Å². The normalized spacial score (nSPS) is 12.0. The standard InChI is InChI=1S/C2HBr2O/c3-1-2(4)5/h1H. The Morgan fingerprint density at radius 3 is 2.00 bits per heavy atom. The van der Waals surface area contributed by atoms with Crippen LogP contribution in [0.15, 0.2) is 9.65 Å². The molecule has 3 heteroatoms. The van der Waals surface area contributed by atoms with Gasteiger partial charge < -0.3 is 0 Å². The van der Waals surface area contributed by atoms with Gasteiger partial charge in [0, 0.05) is 4.99 Å². The fourth-order valence-electron chi connectivity index (χ4n) is 0. The van der Waals surface area contributed by atoms with E-state index in [-0.39, 0.29) is 4.67 Å². The maximum atomic E-state index is 9.63. The van der Waals surface area contributed by atoms with Gasteiger partial charge in [-0.15, -0.1) is 0 Å². The van der Waals surface area contributed by atoms with Gasteiger partial charge in [0.25, 0.3) is 0 Å². The molecule has 5 heavy (non-hydrogen) atoms. The van der Waals surface area contributed by atoms with E-state index in [1.807, 2.05) is 0 Å². The minimum Gasteiger partial charge on any atom is -0.281 e. The van der Waals surface area contributed by atoms with E-state index in [0.717, 1.165) is 0 Å². The SMILES string of the molecule is [O]C(Br)=CBr. The van der Waals surface area contributed by atoms with Crippen LogP contribution in [0.5, 0.6) is 0 Å². The molecule has 0 aromatic heterocycles. The highest BCUT2D eigenvalue weighted by Gasteiger charge is 1.74. The van der Waals surface area contributed by atoms with Crippen LogP contribution in [0.1, 0.15) is 0 Å². The molecular formula is C2HBr2O. The zero-order chi connectivity index (χ0) is 4.28. The van der Waals surface area contributed by atoms with Crippen molar-refractivity contribution >= 4 is 31.9 Å². The number of halogens is 2. The summed E-state index contributed by atoms with van der Waals surface area (Å²) in [5.74, 6) is 0. The molecule has 0 aliphatic heterocycles. The molecule has 0 aromatic rings. The second kappa shape index (κ2) is 2.72. The molecule has 0 heterocycles. The second-order valence-corrected chi connectivity index (χ2v) is 1.65. The Kier molecular flexibility index (Phi) is 2.99. The van der Waals surface area contributed by atoms with Crippen LogP contribution < -0.4 is 0 Å². The van der Waals surface area contributed by atoms with Gasteiger partial charge in [-0.2, -0.15) is 0 Å². The van der Waals surface area contributed by atoms with E-state index in [0.29, 0.717) is 0 Å². The lowest BCUT2D eigenvalue weighted by Crippen LogP contribution is -1.45. The molecule has 0 rings (SSSR count). The van der Waals surface area contributed by atoms with Crippen molar-refractivity contribution < 1.29 is 5.11 Å². The van der Waals surface area contributed by atoms with E-state index in [2.05, 4.69) is 31.9 Å². The largest absolute Gasteiger partial charge is 0.281 e. The lowest BCUT2D eigenvalue weighted by Gasteiger charge is -1.62. The number of hydrogen-bond donors (Lipinski definition) is 0. The maximum absolute atomic E-state index is 9.63. The Bertz CT molecular complexity index is 45.6. The molecule has 0 aliphatic carbocycles. The first-order valence-electron chi connectivity index (χ1n) is 0.900. The van der Waals surface area contributed by atoms with Crippen molar-refractivity contribution in [3.63, 3.8) is 0 Å². The number of hydrogen-bond acceptors (Lipinski definition) is 0. The van der Waals surface area contributed by atoms with Gasteiger partial charge in [-0.05, 0) is 15.9 Å². The Balaban J connectivity index is 3.14. The fraction of sp³-hybridized carbons (Fsp3) is 0. The fourth-order valence-corrected chi connectivity index (χ4v) is 0. The molecular weight excluding hydrogens is 200 g/mol. The summed E-state index contributed by atoms with van der Waals surface area (Å²) in [5, 5.41) is 9.63. The maximum Gasteiger partial charge on any atom is 0.227 e. The van der Waals surface area contributed by atoms with Gasteiger partial charge in [0.1, 0.15) is 0 Å². The molecule has 1 nitrogen and oxygen atoms in total. The second-order valence-electron chi connectivity index (χ2n) is 0.413. The van der Waals surface area contributed by atoms with Gasteiger partial charge in [-0.25, -0.2) is 0 Å². The molecule has 0 atom stereocenters. The predicted molar refractivity (Wildman–Crippen MR) is 26.6 cm³/mol. The summed E-state index contributed by atoms with van der Waals surface area (Å²) >= 11 is 5.42. The highest BCUT2D eigenvalue weighted by molar-refractivity contribution is 9.13. The zero-order valence-electron chi connectivity index (χ0n) is 2.24. The molecule has 0 aromatic carbocycles. The summed E-state index contributed by atoms with van der Waals surface area (Å²) in [6, 6.07) is 0. The zero-order valence-corrected chi connectivity index (χ0v) is 5.41. The van der Waals surface area contributed by atoms with Crippen molar-refractivity contribution in [2.24, 2.45) is 0 Å². The first kappa shape index (κ1) is 5.50. The van der Waals surface area contributed by atoms with E-state index < -0.39 is 0 Å². The van der Waals surface area contributed by atoms with Gasteiger partial charge >= 0.3 is 0 Å². The third kappa shape index (κ3) is 4.50. The van der Waals surface area contributed by atoms with Crippen LogP contribution in [-0.4, -0.2) is 0 Å². The van der Waals surface area contributed by atoms with Gasteiger partial charge in [0.05, 0.1) is 0 Å². The molecule has 0 bridgehead atoms. The van der Waals surface area contributed by atoms with Crippen molar-refractivity contribution in [2.75, 3.05) is 0 Å². The lowest BCUT2D eigenvalue weighted by molar-refractivity contribution is 0.341. The molecule has 0 amide bonds. The average Bonchev–Trinajstić information content (AvgIpc) is 1.38. The van der Waals surface area contributed by atoms with E-state index in [9.17, 15) is 5.11 Å². The summed E-state index contributed by atoms with van der Waals surface area (Å²) < 4.78 is -0.141. The molecule has 0 N–H and O–H groups in total. The predicted octanol–water partition coefficient (Wildman–Crippen LogP) is 2.01. The van der Waals surface area contributed by atoms with E-state index in [1.165, 1.54) is 4.99 Å². The molecule has 0 aliphatic rings. The van der Waals surface area contributed by atoms with Crippen molar-refractivity contribution in [1.82, 2.24) is 0 Å². The molecule has 0 saturated carbocycles. The summed E-state index contributed by atoms with van der Waals surface area (Å²) in [6.45, 7) is 0. The Morgan fingerprint density at radius 2 is 2.00 bits per heavy atom. The van der Waals surface area contributed by atoms with Crippen LogP contribution in [-0.2, 0) is 5.11 Å². The molecule has 1 radical (unpaired) electrons. The van der Waals surface area contributed by atoms with E-state index >= 15 is 0 Å². The van der Waals surface area contributed by atoms with Crippen LogP contribution in [0.3, 0.4) is 0 Å². The summed E-state index contributed by atoms with van der Waals surface area (Å²) in [7, 11) is 0. The minimum atomic E-state index is -0.141. The highest BCUT2D eigenvalue weighted by atomic mass is 79.9. The molecule has 0 spiro atoms. The Morgan fingerprint density at radius 1 is 1.80 bits per heavy atom. The van der Waals surface area contributed by atoms with Crippen molar-refractivity contribution in [2.45, 2.75) is 0 Å². The molecule has 0 unspecified atom stereocenters. The first-order valence-corrected chi connectivity index (χ1v) is 2.61. The van der Waals surface area contributed by atoms with Gasteiger partial charge in [0.2, 0.25) is 4.67 Å². The third-order valence-corrected chi connectivity index (χ3v) is 1.34. The molecule has 0 fully saturated rings. The van der Waals surface area contributed by atoms with Crippen molar-refractivity contribution in [3.05, 3.63) is 9.65 Å². The van der Waals surface area contributed by atoms with Crippen LogP contribution in [0.25, 0.3) is 0 Å². The van der Waals surface area contributed by atoms with Crippen molar-refractivity contribution in [3.8, 4) is 0 Å². The quantitative estimate of drug-likeness (QED) is 0.534. The monoisotopic (exact) mass is 199 g/mol. The van der Waals surface area contributed by atoms with E-state index in [4.69, 9.17) is 0 Å². The van der Waals surface area contributed by atoms with Crippen LogP contribution in [0.2, 0.25) is 0 Å². The summed E-state index contributed by atoms with van der Waals surface area (Å²) in [6.07, 6.45) is 0. The lowest BCUT2D eigenvalue weighted by atomic mass is 11.2. The summed E-state index contributed by atoms with van der Waals surface area (Å²) in [4.78, 5) is 1.26. The molecule has 29 valence electrons. The highest BCUT2D eigenvalue weighted by Crippen LogP contribution is 2.00. The summed E-state index contributed by atoms with van der Waals surface area (Å²) in [5.41, 5.74) is 0.